The van der Waals surface area contributed by atoms with Crippen LogP contribution in [0.4, 0.5) is 0 Å². The van der Waals surface area contributed by atoms with Gasteiger partial charge in [-0.25, -0.2) is 4.80 Å². The lowest BCUT2D eigenvalue weighted by atomic mass is 10.2. The zero-order valence-electron chi connectivity index (χ0n) is 6.97. The highest BCUT2D eigenvalue weighted by Gasteiger charge is 1.93. The van der Waals surface area contributed by atoms with Crippen LogP contribution < -0.4 is 0 Å². The second-order valence-electron chi connectivity index (χ2n) is 2.76. The highest BCUT2D eigenvalue weighted by Crippen LogP contribution is 1.99. The molecule has 0 saturated carbocycles. The molecule has 2 aromatic rings. The zero-order valence-corrected chi connectivity index (χ0v) is 7.79. The van der Waals surface area contributed by atoms with Crippen molar-refractivity contribution in [1.82, 2.24) is 15.0 Å². The SMILES string of the molecule is S=c1cnn(Cc2ccccc2)[nH]1. The number of aromatic amines is 1. The van der Waals surface area contributed by atoms with E-state index in [1.54, 1.807) is 11.0 Å². The number of rotatable bonds is 2. The van der Waals surface area contributed by atoms with Gasteiger partial charge in [0.15, 0.2) is 0 Å². The Labute approximate surface area is 81.0 Å². The molecule has 1 aromatic carbocycles. The first kappa shape index (κ1) is 8.19. The summed E-state index contributed by atoms with van der Waals surface area (Å²) >= 11 is 4.91. The monoisotopic (exact) mass is 191 g/mol. The van der Waals surface area contributed by atoms with Crippen molar-refractivity contribution in [2.24, 2.45) is 0 Å². The summed E-state index contributed by atoms with van der Waals surface area (Å²) in [6.07, 6.45) is 1.64. The Morgan fingerprint density at radius 2 is 2.08 bits per heavy atom. The summed E-state index contributed by atoms with van der Waals surface area (Å²) in [5, 5.41) is 7.01. The second kappa shape index (κ2) is 3.53. The molecule has 66 valence electrons. The molecule has 3 nitrogen and oxygen atoms in total. The van der Waals surface area contributed by atoms with Gasteiger partial charge in [-0.15, -0.1) is 0 Å². The Morgan fingerprint density at radius 3 is 2.69 bits per heavy atom. The maximum Gasteiger partial charge on any atom is 0.139 e. The van der Waals surface area contributed by atoms with Gasteiger partial charge in [-0.2, -0.15) is 5.10 Å². The lowest BCUT2D eigenvalue weighted by Crippen LogP contribution is -2.02. The Kier molecular flexibility index (Phi) is 2.23. The van der Waals surface area contributed by atoms with E-state index in [4.69, 9.17) is 12.2 Å². The van der Waals surface area contributed by atoms with E-state index in [2.05, 4.69) is 22.3 Å². The third-order valence-electron chi connectivity index (χ3n) is 1.73. The number of hydrogen-bond donors (Lipinski definition) is 1. The van der Waals surface area contributed by atoms with Gasteiger partial charge in [0.25, 0.3) is 0 Å². The Bertz CT molecular complexity index is 429. The Balaban J connectivity index is 2.20. The highest BCUT2D eigenvalue weighted by atomic mass is 32.1. The molecule has 0 amide bonds. The fourth-order valence-corrected chi connectivity index (χ4v) is 1.30. The Hall–Kier alpha value is -1.42. The summed E-state index contributed by atoms with van der Waals surface area (Å²) in [6, 6.07) is 10.1. The quantitative estimate of drug-likeness (QED) is 0.736. The smallest absolute Gasteiger partial charge is 0.139 e. The van der Waals surface area contributed by atoms with Gasteiger partial charge in [-0.05, 0) is 5.56 Å². The predicted molar refractivity (Wildman–Crippen MR) is 53.0 cm³/mol. The molecule has 0 aliphatic rings. The highest BCUT2D eigenvalue weighted by molar-refractivity contribution is 7.71. The van der Waals surface area contributed by atoms with Crippen LogP contribution in [0, 0.1) is 4.64 Å². The van der Waals surface area contributed by atoms with E-state index < -0.39 is 0 Å². The first-order valence-corrected chi connectivity index (χ1v) is 4.41. The van der Waals surface area contributed by atoms with Gasteiger partial charge < -0.3 is 0 Å². The molecule has 0 saturated heterocycles. The Morgan fingerprint density at radius 1 is 1.31 bits per heavy atom. The molecule has 2 rings (SSSR count). The first-order chi connectivity index (χ1) is 6.34. The molecule has 0 aliphatic heterocycles. The van der Waals surface area contributed by atoms with E-state index in [0.717, 1.165) is 6.54 Å². The second-order valence-corrected chi connectivity index (χ2v) is 3.20. The third-order valence-corrected chi connectivity index (χ3v) is 1.93. The van der Waals surface area contributed by atoms with Crippen molar-refractivity contribution >= 4 is 12.2 Å². The predicted octanol–water partition coefficient (Wildman–Crippen LogP) is 1.99. The molecular weight excluding hydrogens is 182 g/mol. The maximum atomic E-state index is 4.91. The normalized spacial score (nSPS) is 10.2. The molecule has 0 bridgehead atoms. The largest absolute Gasteiger partial charge is 0.270 e. The van der Waals surface area contributed by atoms with E-state index in [9.17, 15) is 0 Å². The summed E-state index contributed by atoms with van der Waals surface area (Å²) in [5.74, 6) is 0. The first-order valence-electron chi connectivity index (χ1n) is 4.01. The van der Waals surface area contributed by atoms with Crippen LogP contribution in [-0.4, -0.2) is 15.0 Å². The topological polar surface area (TPSA) is 33.6 Å². The summed E-state index contributed by atoms with van der Waals surface area (Å²) in [6.45, 7) is 0.734. The molecule has 0 aliphatic carbocycles. The molecule has 1 N–H and O–H groups in total. The number of aromatic nitrogens is 3. The van der Waals surface area contributed by atoms with Crippen molar-refractivity contribution < 1.29 is 0 Å². The van der Waals surface area contributed by atoms with Gasteiger partial charge in [-0.1, -0.05) is 42.5 Å². The van der Waals surface area contributed by atoms with Crippen LogP contribution in [0.25, 0.3) is 0 Å². The van der Waals surface area contributed by atoms with Crippen molar-refractivity contribution in [3.63, 3.8) is 0 Å². The number of H-pyrrole nitrogens is 1. The summed E-state index contributed by atoms with van der Waals surface area (Å²) < 4.78 is 0.663. The molecule has 0 radical (unpaired) electrons. The van der Waals surface area contributed by atoms with Gasteiger partial charge in [0, 0.05) is 0 Å². The maximum absolute atomic E-state index is 4.91. The van der Waals surface area contributed by atoms with E-state index in [1.807, 2.05) is 18.2 Å². The van der Waals surface area contributed by atoms with E-state index in [-0.39, 0.29) is 0 Å². The van der Waals surface area contributed by atoms with Crippen LogP contribution in [0.1, 0.15) is 5.56 Å². The van der Waals surface area contributed by atoms with Crippen LogP contribution >= 0.6 is 12.2 Å². The number of hydrogen-bond acceptors (Lipinski definition) is 2. The van der Waals surface area contributed by atoms with Crippen molar-refractivity contribution in [3.05, 3.63) is 46.7 Å². The molecule has 13 heavy (non-hydrogen) atoms. The minimum absolute atomic E-state index is 0.663. The number of nitrogens with zero attached hydrogens (tertiary/aromatic N) is 2. The zero-order chi connectivity index (χ0) is 9.10. The molecule has 1 aromatic heterocycles. The lowest BCUT2D eigenvalue weighted by Gasteiger charge is -1.99. The van der Waals surface area contributed by atoms with Crippen molar-refractivity contribution in [2.45, 2.75) is 6.54 Å². The third kappa shape index (κ3) is 2.03. The molecule has 0 fully saturated rings. The van der Waals surface area contributed by atoms with Crippen LogP contribution in [0.5, 0.6) is 0 Å². The van der Waals surface area contributed by atoms with Crippen LogP contribution in [-0.2, 0) is 6.54 Å². The van der Waals surface area contributed by atoms with Crippen LogP contribution in [0.15, 0.2) is 36.5 Å². The molecule has 0 spiro atoms. The van der Waals surface area contributed by atoms with Crippen molar-refractivity contribution in [3.8, 4) is 0 Å². The average Bonchev–Trinajstić information content (AvgIpc) is 2.53. The molecule has 0 atom stereocenters. The van der Waals surface area contributed by atoms with Crippen molar-refractivity contribution in [2.75, 3.05) is 0 Å². The lowest BCUT2D eigenvalue weighted by molar-refractivity contribution is 0.590. The van der Waals surface area contributed by atoms with E-state index >= 15 is 0 Å². The summed E-state index contributed by atoms with van der Waals surface area (Å²) in [5.41, 5.74) is 1.21. The summed E-state index contributed by atoms with van der Waals surface area (Å²) in [7, 11) is 0. The van der Waals surface area contributed by atoms with E-state index in [1.165, 1.54) is 5.56 Å². The number of nitrogens with one attached hydrogen (secondary N) is 1. The molecule has 0 unspecified atom stereocenters. The van der Waals surface area contributed by atoms with Crippen LogP contribution in [0.2, 0.25) is 0 Å². The van der Waals surface area contributed by atoms with Gasteiger partial charge in [0.2, 0.25) is 0 Å². The standard InChI is InChI=1S/C9H9N3S/c13-9-6-10-12(11-9)7-8-4-2-1-3-5-8/h1-6H,7H2,(H,11,13). The van der Waals surface area contributed by atoms with Gasteiger partial charge in [-0.3, -0.25) is 5.10 Å². The average molecular weight is 191 g/mol. The van der Waals surface area contributed by atoms with Gasteiger partial charge in [0.05, 0.1) is 12.7 Å². The minimum Gasteiger partial charge on any atom is -0.270 e. The molecule has 1 heterocycles. The fraction of sp³-hybridized carbons (Fsp3) is 0.111. The van der Waals surface area contributed by atoms with Crippen LogP contribution in [0.3, 0.4) is 0 Å². The minimum atomic E-state index is 0.663. The van der Waals surface area contributed by atoms with Crippen molar-refractivity contribution in [1.29, 1.82) is 0 Å². The van der Waals surface area contributed by atoms with E-state index in [0.29, 0.717) is 4.64 Å². The number of benzene rings is 1. The molecular formula is C9H9N3S. The van der Waals surface area contributed by atoms with Gasteiger partial charge in [0.1, 0.15) is 4.64 Å². The fourth-order valence-electron chi connectivity index (χ4n) is 1.14. The van der Waals surface area contributed by atoms with Gasteiger partial charge >= 0.3 is 0 Å². The molecule has 4 heteroatoms. The summed E-state index contributed by atoms with van der Waals surface area (Å²) in [4.78, 5) is 1.72.